The molecule has 0 spiro atoms. The van der Waals surface area contributed by atoms with E-state index < -0.39 is 11.8 Å². The number of nitrogens with one attached hydrogen (secondary N) is 1. The molecule has 2 aliphatic heterocycles. The second-order valence-electron chi connectivity index (χ2n) is 12.4. The van der Waals surface area contributed by atoms with E-state index in [1.54, 1.807) is 4.90 Å². The van der Waals surface area contributed by atoms with Crippen molar-refractivity contribution in [2.45, 2.75) is 84.3 Å². The Balaban J connectivity index is 1.37. The summed E-state index contributed by atoms with van der Waals surface area (Å²) in [5.74, 6) is 0.142. The van der Waals surface area contributed by atoms with Crippen LogP contribution >= 0.6 is 0 Å². The third-order valence-corrected chi connectivity index (χ3v) is 8.58. The van der Waals surface area contributed by atoms with E-state index in [0.717, 1.165) is 48.3 Å². The summed E-state index contributed by atoms with van der Waals surface area (Å²) in [6.45, 7) is 13.1. The number of nitrogens with zero attached hydrogens (tertiary/aromatic N) is 3. The summed E-state index contributed by atoms with van der Waals surface area (Å²) in [5.41, 5.74) is 4.74. The monoisotopic (exact) mass is 512 g/mol. The third-order valence-electron chi connectivity index (χ3n) is 8.58. The van der Waals surface area contributed by atoms with Gasteiger partial charge in [-0.05, 0) is 77.3 Å². The molecule has 3 aromatic rings. The van der Waals surface area contributed by atoms with Crippen LogP contribution in [0.5, 0.6) is 0 Å². The maximum atomic E-state index is 13.7. The molecule has 0 radical (unpaired) electrons. The predicted octanol–water partition coefficient (Wildman–Crippen LogP) is 6.53. The molecule has 2 aliphatic rings. The van der Waals surface area contributed by atoms with Gasteiger partial charge in [-0.3, -0.25) is 9.59 Å². The molecular formula is C32H40N4O2. The summed E-state index contributed by atoms with van der Waals surface area (Å²) in [6, 6.07) is 16.7. The lowest BCUT2D eigenvalue weighted by Crippen LogP contribution is -2.64. The number of piperidine rings is 1. The second kappa shape index (κ2) is 9.72. The number of aromatic amines is 1. The Labute approximate surface area is 226 Å². The normalized spacial score (nSPS) is 22.5. The molecular weight excluding hydrogens is 472 g/mol. The van der Waals surface area contributed by atoms with Gasteiger partial charge in [-0.25, -0.2) is 4.98 Å². The number of hydrogen-bond donors (Lipinski definition) is 1. The second-order valence-corrected chi connectivity index (χ2v) is 12.4. The van der Waals surface area contributed by atoms with Crippen LogP contribution in [0.15, 0.2) is 54.7 Å². The Morgan fingerprint density at radius 2 is 1.42 bits per heavy atom. The van der Waals surface area contributed by atoms with Gasteiger partial charge in [0.25, 0.3) is 0 Å². The van der Waals surface area contributed by atoms with Crippen LogP contribution in [0, 0.1) is 12.8 Å². The van der Waals surface area contributed by atoms with Crippen molar-refractivity contribution in [3.8, 4) is 22.4 Å². The number of aromatic nitrogens is 2. The van der Waals surface area contributed by atoms with Crippen LogP contribution in [-0.2, 0) is 9.59 Å². The van der Waals surface area contributed by atoms with E-state index in [1.165, 1.54) is 11.1 Å². The molecule has 6 heteroatoms. The summed E-state index contributed by atoms with van der Waals surface area (Å²) in [7, 11) is 0. The Morgan fingerprint density at radius 3 is 2.03 bits per heavy atom. The summed E-state index contributed by atoms with van der Waals surface area (Å²) in [4.78, 5) is 39.2. The van der Waals surface area contributed by atoms with Crippen molar-refractivity contribution in [1.29, 1.82) is 0 Å². The number of carbonyl (C=O) groups excluding carboxylic acids is 2. The van der Waals surface area contributed by atoms with Crippen LogP contribution in [-0.4, -0.2) is 49.2 Å². The minimum absolute atomic E-state index is 0.206. The van der Waals surface area contributed by atoms with E-state index in [0.29, 0.717) is 6.54 Å². The van der Waals surface area contributed by atoms with Gasteiger partial charge in [0.1, 0.15) is 5.82 Å². The molecule has 2 saturated heterocycles. The molecule has 6 nitrogen and oxygen atoms in total. The summed E-state index contributed by atoms with van der Waals surface area (Å²) in [5, 5.41) is 0. The lowest BCUT2D eigenvalue weighted by molar-refractivity contribution is -0.163. The Bertz CT molecular complexity index is 1300. The fourth-order valence-electron chi connectivity index (χ4n) is 6.57. The van der Waals surface area contributed by atoms with Gasteiger partial charge in [0.05, 0.1) is 11.7 Å². The highest BCUT2D eigenvalue weighted by atomic mass is 16.2. The van der Waals surface area contributed by atoms with Crippen molar-refractivity contribution in [2.75, 3.05) is 6.54 Å². The molecule has 200 valence electrons. The number of aryl methyl sites for hydroxylation is 1. The first-order valence-electron chi connectivity index (χ1n) is 13.9. The van der Waals surface area contributed by atoms with Gasteiger partial charge in [-0.15, -0.1) is 0 Å². The SMILES string of the molecule is Cc1ccc(-c2ccc(-c3c[nH]c(C4[C@@H](C)CCN4C(=O)C(=O)N4C(C)(C)CCCC4(C)C)n3)cc2)cc1. The molecule has 3 heterocycles. The first-order valence-corrected chi connectivity index (χ1v) is 13.9. The van der Waals surface area contributed by atoms with Crippen molar-refractivity contribution in [3.05, 3.63) is 66.1 Å². The molecule has 2 fully saturated rings. The molecule has 2 amide bonds. The van der Waals surface area contributed by atoms with E-state index >= 15 is 0 Å². The summed E-state index contributed by atoms with van der Waals surface area (Å²) in [6.07, 6.45) is 5.61. The standard InChI is InChI=1S/C32H40N4O2/c1-21-8-10-23(11-9-21)24-12-14-25(15-13-24)26-20-33-28(34-26)27-22(2)16-19-35(27)29(37)30(38)36-31(3,4)17-7-18-32(36,5)6/h8-15,20,22,27H,7,16-19H2,1-6H3,(H,33,34)/t22-,27?/m0/s1. The van der Waals surface area contributed by atoms with Gasteiger partial charge < -0.3 is 14.8 Å². The number of likely N-dealkylation sites (tertiary alicyclic amines) is 2. The quantitative estimate of drug-likeness (QED) is 0.406. The van der Waals surface area contributed by atoms with Gasteiger partial charge in [0, 0.05) is 29.4 Å². The number of imidazole rings is 1. The fraction of sp³-hybridized carbons (Fsp3) is 0.469. The number of benzene rings is 2. The van der Waals surface area contributed by atoms with Crippen LogP contribution in [0.1, 0.15) is 77.7 Å². The molecule has 0 bridgehead atoms. The van der Waals surface area contributed by atoms with Crippen LogP contribution in [0.2, 0.25) is 0 Å². The fourth-order valence-corrected chi connectivity index (χ4v) is 6.57. The number of hydrogen-bond acceptors (Lipinski definition) is 3. The smallest absolute Gasteiger partial charge is 0.313 e. The van der Waals surface area contributed by atoms with Gasteiger partial charge in [-0.2, -0.15) is 0 Å². The highest BCUT2D eigenvalue weighted by Gasteiger charge is 2.49. The van der Waals surface area contributed by atoms with E-state index in [9.17, 15) is 9.59 Å². The molecule has 1 unspecified atom stereocenters. The first kappa shape index (κ1) is 26.2. The van der Waals surface area contributed by atoms with Gasteiger partial charge in [0.2, 0.25) is 0 Å². The molecule has 1 N–H and O–H groups in total. The largest absolute Gasteiger partial charge is 0.346 e. The van der Waals surface area contributed by atoms with Crippen molar-refractivity contribution < 1.29 is 9.59 Å². The summed E-state index contributed by atoms with van der Waals surface area (Å²) < 4.78 is 0. The molecule has 0 saturated carbocycles. The number of carbonyl (C=O) groups is 2. The summed E-state index contributed by atoms with van der Waals surface area (Å²) >= 11 is 0. The van der Waals surface area contributed by atoms with Gasteiger partial charge in [0.15, 0.2) is 0 Å². The third kappa shape index (κ3) is 4.77. The Morgan fingerprint density at radius 1 is 0.868 bits per heavy atom. The highest BCUT2D eigenvalue weighted by molar-refractivity contribution is 6.35. The minimum Gasteiger partial charge on any atom is -0.346 e. The molecule has 38 heavy (non-hydrogen) atoms. The highest BCUT2D eigenvalue weighted by Crippen LogP contribution is 2.41. The zero-order chi connectivity index (χ0) is 27.2. The van der Waals surface area contributed by atoms with E-state index in [1.807, 2.05) is 11.1 Å². The lowest BCUT2D eigenvalue weighted by atomic mass is 9.79. The van der Waals surface area contributed by atoms with Crippen LogP contribution < -0.4 is 0 Å². The number of amides is 2. The topological polar surface area (TPSA) is 69.3 Å². The predicted molar refractivity (Wildman–Crippen MR) is 151 cm³/mol. The Hall–Kier alpha value is -3.41. The molecule has 5 rings (SSSR count). The van der Waals surface area contributed by atoms with Crippen LogP contribution in [0.4, 0.5) is 0 Å². The maximum absolute atomic E-state index is 13.7. The Kier molecular flexibility index (Phi) is 6.70. The molecule has 2 aromatic carbocycles. The van der Waals surface area contributed by atoms with E-state index in [4.69, 9.17) is 4.98 Å². The lowest BCUT2D eigenvalue weighted by Gasteiger charge is -2.52. The molecule has 2 atom stereocenters. The van der Waals surface area contributed by atoms with Crippen LogP contribution in [0.3, 0.4) is 0 Å². The molecule has 1 aromatic heterocycles. The first-order chi connectivity index (χ1) is 18.0. The number of H-pyrrole nitrogens is 1. The maximum Gasteiger partial charge on any atom is 0.313 e. The van der Waals surface area contributed by atoms with Crippen molar-refractivity contribution in [3.63, 3.8) is 0 Å². The average Bonchev–Trinajstić information content (AvgIpc) is 3.49. The number of rotatable bonds is 3. The average molecular weight is 513 g/mol. The van der Waals surface area contributed by atoms with Crippen molar-refractivity contribution in [2.24, 2.45) is 5.92 Å². The molecule has 0 aliphatic carbocycles. The van der Waals surface area contributed by atoms with Gasteiger partial charge in [-0.1, -0.05) is 61.0 Å². The van der Waals surface area contributed by atoms with Crippen molar-refractivity contribution in [1.82, 2.24) is 19.8 Å². The van der Waals surface area contributed by atoms with Crippen LogP contribution in [0.25, 0.3) is 22.4 Å². The van der Waals surface area contributed by atoms with Crippen molar-refractivity contribution >= 4 is 11.8 Å². The zero-order valence-corrected chi connectivity index (χ0v) is 23.5. The zero-order valence-electron chi connectivity index (χ0n) is 23.5. The van der Waals surface area contributed by atoms with Gasteiger partial charge >= 0.3 is 11.8 Å². The minimum atomic E-state index is -0.414. The van der Waals surface area contributed by atoms with E-state index in [-0.39, 0.29) is 23.0 Å². The van der Waals surface area contributed by atoms with E-state index in [2.05, 4.69) is 95.1 Å².